The van der Waals surface area contributed by atoms with Crippen LogP contribution in [0.15, 0.2) is 24.3 Å². The summed E-state index contributed by atoms with van der Waals surface area (Å²) >= 11 is 0. The molecule has 0 saturated heterocycles. The number of halogens is 1. The zero-order valence-electron chi connectivity index (χ0n) is 10.8. The van der Waals surface area contributed by atoms with Gasteiger partial charge in [-0.3, -0.25) is 0 Å². The van der Waals surface area contributed by atoms with Crippen LogP contribution in [-0.2, 0) is 16.6 Å². The molecule has 108 valence electrons. The molecule has 0 saturated carbocycles. The molecule has 1 aromatic carbocycles. The van der Waals surface area contributed by atoms with Crippen LogP contribution in [0.1, 0.15) is 12.0 Å². The molecule has 0 aliphatic carbocycles. The minimum atomic E-state index is -3.51. The Morgan fingerprint density at radius 3 is 2.53 bits per heavy atom. The number of hydrogen-bond acceptors (Lipinski definition) is 3. The van der Waals surface area contributed by atoms with Gasteiger partial charge in [0.05, 0.1) is 0 Å². The monoisotopic (exact) mass is 290 g/mol. The van der Waals surface area contributed by atoms with Gasteiger partial charge in [0, 0.05) is 26.7 Å². The fraction of sp³-hybridized carbons (Fsp3) is 0.500. The minimum Gasteiger partial charge on any atom is -0.396 e. The summed E-state index contributed by atoms with van der Waals surface area (Å²) in [5.41, 5.74) is 0.863. The Morgan fingerprint density at radius 2 is 1.95 bits per heavy atom. The number of nitrogens with one attached hydrogen (secondary N) is 1. The second-order valence-electron chi connectivity index (χ2n) is 4.17. The van der Waals surface area contributed by atoms with Crippen molar-refractivity contribution in [2.24, 2.45) is 0 Å². The number of hydrogen-bond donors (Lipinski definition) is 2. The molecule has 0 fully saturated rings. The Labute approximate surface area is 113 Å². The van der Waals surface area contributed by atoms with Crippen molar-refractivity contribution in [1.82, 2.24) is 9.03 Å². The van der Waals surface area contributed by atoms with Gasteiger partial charge >= 0.3 is 0 Å². The molecule has 0 aromatic heterocycles. The van der Waals surface area contributed by atoms with Crippen LogP contribution in [0.4, 0.5) is 4.39 Å². The molecule has 1 aromatic rings. The van der Waals surface area contributed by atoms with E-state index >= 15 is 0 Å². The molecule has 1 rings (SSSR count). The van der Waals surface area contributed by atoms with Crippen LogP contribution in [0.2, 0.25) is 0 Å². The van der Waals surface area contributed by atoms with Gasteiger partial charge in [-0.25, -0.2) is 9.11 Å². The maximum atomic E-state index is 12.7. The Morgan fingerprint density at radius 1 is 1.32 bits per heavy atom. The van der Waals surface area contributed by atoms with E-state index < -0.39 is 10.2 Å². The molecule has 0 aliphatic heterocycles. The van der Waals surface area contributed by atoms with Crippen molar-refractivity contribution < 1.29 is 17.9 Å². The van der Waals surface area contributed by atoms with E-state index in [2.05, 4.69) is 4.72 Å². The Balaban J connectivity index is 2.41. The average Bonchev–Trinajstić information content (AvgIpc) is 2.38. The van der Waals surface area contributed by atoms with E-state index in [9.17, 15) is 12.8 Å². The van der Waals surface area contributed by atoms with Gasteiger partial charge in [0.25, 0.3) is 10.2 Å². The van der Waals surface area contributed by atoms with Crippen LogP contribution in [0.25, 0.3) is 0 Å². The molecule has 19 heavy (non-hydrogen) atoms. The summed E-state index contributed by atoms with van der Waals surface area (Å²) in [6.45, 7) is 0.468. The topological polar surface area (TPSA) is 69.6 Å². The number of aliphatic hydroxyl groups excluding tert-OH is 1. The maximum Gasteiger partial charge on any atom is 0.279 e. The third-order valence-electron chi connectivity index (χ3n) is 2.65. The molecule has 5 nitrogen and oxygen atoms in total. The van der Waals surface area contributed by atoms with E-state index in [0.29, 0.717) is 12.8 Å². The molecule has 2 N–H and O–H groups in total. The van der Waals surface area contributed by atoms with Crippen molar-refractivity contribution in [1.29, 1.82) is 0 Å². The van der Waals surface area contributed by atoms with Crippen molar-refractivity contribution in [2.45, 2.75) is 12.8 Å². The largest absolute Gasteiger partial charge is 0.396 e. The lowest BCUT2D eigenvalue weighted by Crippen LogP contribution is -2.39. The van der Waals surface area contributed by atoms with E-state index in [-0.39, 0.29) is 25.5 Å². The van der Waals surface area contributed by atoms with Gasteiger partial charge in [-0.1, -0.05) is 12.1 Å². The van der Waals surface area contributed by atoms with E-state index in [1.807, 2.05) is 0 Å². The van der Waals surface area contributed by atoms with Gasteiger partial charge in [0.15, 0.2) is 0 Å². The Hall–Kier alpha value is -1.02. The highest BCUT2D eigenvalue weighted by molar-refractivity contribution is 7.87. The summed E-state index contributed by atoms with van der Waals surface area (Å²) in [6, 6.07) is 5.94. The lowest BCUT2D eigenvalue weighted by Gasteiger charge is -2.17. The van der Waals surface area contributed by atoms with E-state index in [0.717, 1.165) is 9.87 Å². The van der Waals surface area contributed by atoms with Crippen molar-refractivity contribution in [3.63, 3.8) is 0 Å². The number of aliphatic hydroxyl groups is 1. The van der Waals surface area contributed by atoms with Crippen LogP contribution in [-0.4, -0.2) is 44.6 Å². The van der Waals surface area contributed by atoms with Crippen LogP contribution in [0.5, 0.6) is 0 Å². The smallest absolute Gasteiger partial charge is 0.279 e. The normalized spacial score (nSPS) is 12.0. The molecule has 0 radical (unpaired) electrons. The van der Waals surface area contributed by atoms with Gasteiger partial charge in [-0.05, 0) is 30.5 Å². The van der Waals surface area contributed by atoms with Crippen molar-refractivity contribution in [3.8, 4) is 0 Å². The van der Waals surface area contributed by atoms with E-state index in [1.54, 1.807) is 12.1 Å². The Bertz CT molecular complexity index is 476. The van der Waals surface area contributed by atoms with Crippen molar-refractivity contribution >= 4 is 10.2 Å². The van der Waals surface area contributed by atoms with Crippen LogP contribution in [0, 0.1) is 5.82 Å². The molecule has 0 amide bonds. The molecular formula is C12H19FN2O3S. The SMILES string of the molecule is CN(CCCO)S(=O)(=O)NCCc1ccc(F)cc1. The molecule has 0 heterocycles. The van der Waals surface area contributed by atoms with Crippen molar-refractivity contribution in [2.75, 3.05) is 26.7 Å². The highest BCUT2D eigenvalue weighted by Crippen LogP contribution is 2.03. The molecule has 0 unspecified atom stereocenters. The molecule has 0 bridgehead atoms. The van der Waals surface area contributed by atoms with Gasteiger partial charge in [0.2, 0.25) is 0 Å². The van der Waals surface area contributed by atoms with Crippen LogP contribution < -0.4 is 4.72 Å². The van der Waals surface area contributed by atoms with Crippen molar-refractivity contribution in [3.05, 3.63) is 35.6 Å². The zero-order valence-corrected chi connectivity index (χ0v) is 11.7. The molecular weight excluding hydrogens is 271 g/mol. The van der Waals surface area contributed by atoms with Gasteiger partial charge in [-0.15, -0.1) is 0 Å². The van der Waals surface area contributed by atoms with Gasteiger partial charge in [0.1, 0.15) is 5.82 Å². The lowest BCUT2D eigenvalue weighted by molar-refractivity contribution is 0.275. The second-order valence-corrected chi connectivity index (χ2v) is 6.04. The van der Waals surface area contributed by atoms with Crippen LogP contribution in [0.3, 0.4) is 0 Å². The first-order valence-electron chi connectivity index (χ1n) is 6.02. The summed E-state index contributed by atoms with van der Waals surface area (Å²) in [6.07, 6.45) is 0.892. The number of rotatable bonds is 8. The predicted molar refractivity (Wildman–Crippen MR) is 71.4 cm³/mol. The maximum absolute atomic E-state index is 12.7. The lowest BCUT2D eigenvalue weighted by atomic mass is 10.1. The number of benzene rings is 1. The number of nitrogens with zero attached hydrogens (tertiary/aromatic N) is 1. The second kappa shape index (κ2) is 7.54. The first kappa shape index (κ1) is 16.0. The first-order chi connectivity index (χ1) is 8.95. The predicted octanol–water partition coefficient (Wildman–Crippen LogP) is 0.517. The molecule has 0 spiro atoms. The molecule has 0 atom stereocenters. The fourth-order valence-electron chi connectivity index (χ4n) is 1.50. The summed E-state index contributed by atoms with van der Waals surface area (Å²) in [4.78, 5) is 0. The van der Waals surface area contributed by atoms with E-state index in [4.69, 9.17) is 5.11 Å². The summed E-state index contributed by atoms with van der Waals surface area (Å²) < 4.78 is 39.8. The first-order valence-corrected chi connectivity index (χ1v) is 7.46. The van der Waals surface area contributed by atoms with Crippen LogP contribution >= 0.6 is 0 Å². The standard InChI is InChI=1S/C12H19FN2O3S/c1-15(9-2-10-16)19(17,18)14-8-7-11-3-5-12(13)6-4-11/h3-6,14,16H,2,7-10H2,1H3. The Kier molecular flexibility index (Phi) is 6.36. The third-order valence-corrected chi connectivity index (χ3v) is 4.22. The highest BCUT2D eigenvalue weighted by Gasteiger charge is 2.15. The third kappa shape index (κ3) is 5.65. The molecule has 7 heteroatoms. The quantitative estimate of drug-likeness (QED) is 0.733. The minimum absolute atomic E-state index is 0.0462. The average molecular weight is 290 g/mol. The summed E-state index contributed by atoms with van der Waals surface area (Å²) in [5, 5.41) is 8.66. The summed E-state index contributed by atoms with van der Waals surface area (Å²) in [5.74, 6) is -0.312. The highest BCUT2D eigenvalue weighted by atomic mass is 32.2. The summed E-state index contributed by atoms with van der Waals surface area (Å²) in [7, 11) is -2.06. The van der Waals surface area contributed by atoms with E-state index in [1.165, 1.54) is 19.2 Å². The van der Waals surface area contributed by atoms with Gasteiger partial charge in [-0.2, -0.15) is 12.7 Å². The zero-order chi connectivity index (χ0) is 14.3. The fourth-order valence-corrected chi connectivity index (χ4v) is 2.45. The molecule has 0 aliphatic rings. The van der Waals surface area contributed by atoms with Gasteiger partial charge < -0.3 is 5.11 Å².